The Bertz CT molecular complexity index is 1050. The molecule has 0 saturated carbocycles. The molecule has 1 heterocycles. The van der Waals surface area contributed by atoms with E-state index in [-0.39, 0.29) is 36.5 Å². The van der Waals surface area contributed by atoms with E-state index in [1.165, 1.54) is 6.92 Å². The van der Waals surface area contributed by atoms with Crippen molar-refractivity contribution in [3.8, 4) is 0 Å². The molecule has 2 rings (SSSR count). The fraction of sp³-hybridized carbons (Fsp3) is 0.556. The standard InChI is InChI=1S/C18H25F3N3O5P/c1-5-8-22-13-10-15-14(9-12(13)18(19,20)21)23-16(25)17(26)24(15)11(4)30(27,28-6-2)29-7-3/h9-11,22H,5-8H2,1-4H3,(H,23,25). The second kappa shape index (κ2) is 9.36. The number of fused-ring (bicyclic) bond motifs is 1. The first kappa shape index (κ1) is 24.2. The molecule has 0 bridgehead atoms. The summed E-state index contributed by atoms with van der Waals surface area (Å²) in [4.78, 5) is 27.0. The van der Waals surface area contributed by atoms with Gasteiger partial charge in [0.1, 0.15) is 5.78 Å². The van der Waals surface area contributed by atoms with E-state index in [4.69, 9.17) is 9.05 Å². The molecular weight excluding hydrogens is 426 g/mol. The number of nitrogens with zero attached hydrogens (tertiary/aromatic N) is 1. The summed E-state index contributed by atoms with van der Waals surface area (Å²) < 4.78 is 65.2. The molecule has 0 spiro atoms. The molecule has 0 aliphatic rings. The van der Waals surface area contributed by atoms with Crippen molar-refractivity contribution in [2.75, 3.05) is 25.1 Å². The van der Waals surface area contributed by atoms with Crippen molar-refractivity contribution in [2.24, 2.45) is 0 Å². The highest BCUT2D eigenvalue weighted by Gasteiger charge is 2.37. The Kier molecular flexibility index (Phi) is 7.54. The summed E-state index contributed by atoms with van der Waals surface area (Å²) in [6, 6.07) is 1.87. The molecule has 2 N–H and O–H groups in total. The quantitative estimate of drug-likeness (QED) is 0.435. The lowest BCUT2D eigenvalue weighted by Gasteiger charge is -2.26. The average molecular weight is 451 g/mol. The van der Waals surface area contributed by atoms with Crippen LogP contribution in [0.4, 0.5) is 18.9 Å². The molecule has 8 nitrogen and oxygen atoms in total. The Balaban J connectivity index is 2.87. The second-order valence-electron chi connectivity index (χ2n) is 6.48. The molecular formula is C18H25F3N3O5P. The number of hydrogen-bond donors (Lipinski definition) is 2. The zero-order valence-corrected chi connectivity index (χ0v) is 18.0. The van der Waals surface area contributed by atoms with Gasteiger partial charge in [-0.2, -0.15) is 13.2 Å². The third-order valence-electron chi connectivity index (χ3n) is 4.38. The first-order chi connectivity index (χ1) is 14.0. The van der Waals surface area contributed by atoms with Crippen molar-refractivity contribution in [3.05, 3.63) is 38.4 Å². The molecule has 0 radical (unpaired) electrons. The van der Waals surface area contributed by atoms with Crippen LogP contribution in [0.2, 0.25) is 0 Å². The third-order valence-corrected chi connectivity index (χ3v) is 6.76. The summed E-state index contributed by atoms with van der Waals surface area (Å²) in [6.07, 6.45) is -4.13. The van der Waals surface area contributed by atoms with Gasteiger partial charge in [-0.3, -0.25) is 18.7 Å². The van der Waals surface area contributed by atoms with E-state index < -0.39 is 36.2 Å². The van der Waals surface area contributed by atoms with Crippen molar-refractivity contribution in [3.63, 3.8) is 0 Å². The lowest BCUT2D eigenvalue weighted by molar-refractivity contribution is -0.136. The number of benzene rings is 1. The van der Waals surface area contributed by atoms with E-state index >= 15 is 0 Å². The van der Waals surface area contributed by atoms with E-state index in [1.54, 1.807) is 20.8 Å². The number of hydrogen-bond acceptors (Lipinski definition) is 6. The van der Waals surface area contributed by atoms with Crippen LogP contribution in [0, 0.1) is 0 Å². The number of halogens is 3. The van der Waals surface area contributed by atoms with Crippen LogP contribution >= 0.6 is 7.60 Å². The minimum atomic E-state index is -4.69. The van der Waals surface area contributed by atoms with E-state index in [2.05, 4.69) is 10.3 Å². The smallest absolute Gasteiger partial charge is 0.385 e. The van der Waals surface area contributed by atoms with Gasteiger partial charge in [-0.05, 0) is 39.3 Å². The van der Waals surface area contributed by atoms with Gasteiger partial charge < -0.3 is 19.3 Å². The Morgan fingerprint density at radius 3 is 2.27 bits per heavy atom. The lowest BCUT2D eigenvalue weighted by atomic mass is 10.1. The number of H-pyrrole nitrogens is 1. The summed E-state index contributed by atoms with van der Waals surface area (Å²) in [5, 5.41) is 2.69. The summed E-state index contributed by atoms with van der Waals surface area (Å²) in [6.45, 7) is 6.60. The molecule has 168 valence electrons. The van der Waals surface area contributed by atoms with Gasteiger partial charge in [0.15, 0.2) is 0 Å². The molecule has 1 aromatic heterocycles. The number of anilines is 1. The zero-order valence-electron chi connectivity index (χ0n) is 17.1. The predicted molar refractivity (Wildman–Crippen MR) is 108 cm³/mol. The first-order valence-electron chi connectivity index (χ1n) is 9.52. The Morgan fingerprint density at radius 2 is 1.77 bits per heavy atom. The highest BCUT2D eigenvalue weighted by molar-refractivity contribution is 7.53. The molecule has 0 amide bonds. The van der Waals surface area contributed by atoms with Crippen LogP contribution in [-0.4, -0.2) is 29.3 Å². The molecule has 12 heteroatoms. The minimum Gasteiger partial charge on any atom is -0.385 e. The van der Waals surface area contributed by atoms with Crippen LogP contribution < -0.4 is 16.4 Å². The molecule has 2 aromatic rings. The highest BCUT2D eigenvalue weighted by Crippen LogP contribution is 2.58. The van der Waals surface area contributed by atoms with Crippen LogP contribution in [0.5, 0.6) is 0 Å². The maximum atomic E-state index is 13.5. The maximum Gasteiger partial charge on any atom is 0.418 e. The lowest BCUT2D eigenvalue weighted by Crippen LogP contribution is -2.38. The largest absolute Gasteiger partial charge is 0.418 e. The van der Waals surface area contributed by atoms with Crippen molar-refractivity contribution in [1.82, 2.24) is 9.55 Å². The molecule has 0 aliphatic carbocycles. The third kappa shape index (κ3) is 4.79. The maximum absolute atomic E-state index is 13.5. The number of rotatable bonds is 9. The average Bonchev–Trinajstić information content (AvgIpc) is 2.66. The number of alkyl halides is 3. The van der Waals surface area contributed by atoms with Gasteiger partial charge in [0.25, 0.3) is 0 Å². The molecule has 0 saturated heterocycles. The number of aromatic amines is 1. The minimum absolute atomic E-state index is 0.0129. The zero-order chi connectivity index (χ0) is 22.7. The van der Waals surface area contributed by atoms with Crippen molar-refractivity contribution in [2.45, 2.75) is 46.1 Å². The Hall–Kier alpha value is -2.10. The molecule has 1 aromatic carbocycles. The fourth-order valence-electron chi connectivity index (χ4n) is 3.05. The van der Waals surface area contributed by atoms with Gasteiger partial charge in [0.2, 0.25) is 0 Å². The fourth-order valence-corrected chi connectivity index (χ4v) is 4.79. The Labute approximate surface area is 170 Å². The highest BCUT2D eigenvalue weighted by atomic mass is 31.2. The Morgan fingerprint density at radius 1 is 1.17 bits per heavy atom. The topological polar surface area (TPSA) is 102 Å². The normalized spacial score (nSPS) is 13.6. The van der Waals surface area contributed by atoms with Crippen molar-refractivity contribution >= 4 is 24.3 Å². The SMILES string of the molecule is CCCNc1cc2c(cc1C(F)(F)F)[nH]c(=O)c(=O)n2C(C)P(=O)(OCC)OCC. The molecule has 30 heavy (non-hydrogen) atoms. The van der Waals surface area contributed by atoms with E-state index in [1.807, 2.05) is 0 Å². The van der Waals surface area contributed by atoms with E-state index in [0.717, 1.165) is 16.7 Å². The number of nitrogens with one attached hydrogen (secondary N) is 2. The second-order valence-corrected chi connectivity index (χ2v) is 8.82. The van der Waals surface area contributed by atoms with E-state index in [0.29, 0.717) is 6.42 Å². The summed E-state index contributed by atoms with van der Waals surface area (Å²) >= 11 is 0. The molecule has 0 fully saturated rings. The van der Waals surface area contributed by atoms with Gasteiger partial charge in [-0.15, -0.1) is 0 Å². The van der Waals surface area contributed by atoms with Crippen molar-refractivity contribution < 1.29 is 26.8 Å². The summed E-state index contributed by atoms with van der Waals surface area (Å²) in [5.74, 6) is -1.24. The monoisotopic (exact) mass is 451 g/mol. The first-order valence-corrected chi connectivity index (χ1v) is 11.1. The molecule has 1 unspecified atom stereocenters. The van der Waals surface area contributed by atoms with Crippen LogP contribution in [-0.2, 0) is 19.8 Å². The molecule has 1 atom stereocenters. The van der Waals surface area contributed by atoms with Gasteiger partial charge in [-0.25, -0.2) is 0 Å². The summed E-state index contributed by atoms with van der Waals surface area (Å²) in [7, 11) is -3.90. The van der Waals surface area contributed by atoms with Crippen molar-refractivity contribution in [1.29, 1.82) is 0 Å². The number of aromatic nitrogens is 2. The van der Waals surface area contributed by atoms with Crippen LogP contribution in [0.25, 0.3) is 11.0 Å². The van der Waals surface area contributed by atoms with Crippen LogP contribution in [0.15, 0.2) is 21.7 Å². The van der Waals surface area contributed by atoms with Crippen LogP contribution in [0.3, 0.4) is 0 Å². The van der Waals surface area contributed by atoms with Gasteiger partial charge in [-0.1, -0.05) is 6.92 Å². The van der Waals surface area contributed by atoms with Gasteiger partial charge >= 0.3 is 24.9 Å². The van der Waals surface area contributed by atoms with Crippen LogP contribution in [0.1, 0.15) is 45.5 Å². The predicted octanol–water partition coefficient (Wildman–Crippen LogP) is 4.32. The van der Waals surface area contributed by atoms with Gasteiger partial charge in [0, 0.05) is 12.2 Å². The van der Waals surface area contributed by atoms with E-state index in [9.17, 15) is 27.3 Å². The summed E-state index contributed by atoms with van der Waals surface area (Å²) in [5.41, 5.74) is -3.72. The molecule has 0 aliphatic heterocycles. The van der Waals surface area contributed by atoms with Gasteiger partial charge in [0.05, 0.1) is 29.8 Å².